The van der Waals surface area contributed by atoms with Gasteiger partial charge in [-0.25, -0.2) is 9.78 Å². The molecule has 0 radical (unpaired) electrons. The first-order chi connectivity index (χ1) is 10.4. The summed E-state index contributed by atoms with van der Waals surface area (Å²) in [6, 6.07) is 5.94. The molecule has 0 amide bonds. The molecule has 8 nitrogen and oxygen atoms in total. The lowest BCUT2D eigenvalue weighted by Gasteiger charge is -2.01. The van der Waals surface area contributed by atoms with Gasteiger partial charge in [-0.15, -0.1) is 0 Å². The second-order valence-electron chi connectivity index (χ2n) is 4.45. The maximum absolute atomic E-state index is 11.5. The van der Waals surface area contributed by atoms with Crippen molar-refractivity contribution in [2.24, 2.45) is 0 Å². The molecule has 2 aromatic heterocycles. The maximum Gasteiger partial charge on any atom is 0.446 e. The number of esters is 1. The summed E-state index contributed by atoms with van der Waals surface area (Å²) < 4.78 is 39.3. The molecule has 0 saturated heterocycles. The Morgan fingerprint density at radius 1 is 1.23 bits per heavy atom. The van der Waals surface area contributed by atoms with Gasteiger partial charge >= 0.3 is 16.4 Å². The van der Waals surface area contributed by atoms with Crippen LogP contribution in [0.2, 0.25) is 0 Å². The van der Waals surface area contributed by atoms with Gasteiger partial charge in [0.15, 0.2) is 0 Å². The Hall–Kier alpha value is -2.65. The lowest BCUT2D eigenvalue weighted by molar-refractivity contribution is 0.0594. The molecule has 0 aliphatic carbocycles. The van der Waals surface area contributed by atoms with Crippen LogP contribution in [0.1, 0.15) is 10.5 Å². The molecule has 2 heterocycles. The molecule has 0 spiro atoms. The summed E-state index contributed by atoms with van der Waals surface area (Å²) in [7, 11) is -3.35. The van der Waals surface area contributed by atoms with Gasteiger partial charge in [-0.2, -0.15) is 8.42 Å². The van der Waals surface area contributed by atoms with Crippen LogP contribution < -0.4 is 4.18 Å². The fourth-order valence-electron chi connectivity index (χ4n) is 2.17. The first-order valence-corrected chi connectivity index (χ1v) is 7.40. The van der Waals surface area contributed by atoms with E-state index in [1.807, 2.05) is 0 Å². The van der Waals surface area contributed by atoms with Crippen molar-refractivity contribution in [3.05, 3.63) is 36.2 Å². The van der Waals surface area contributed by atoms with E-state index >= 15 is 0 Å². The molecule has 2 N–H and O–H groups in total. The number of carbonyl (C=O) groups excluding carboxylic acids is 1. The number of methoxy groups -OCH3 is 1. The fraction of sp³-hybridized carbons (Fsp3) is 0.0769. The van der Waals surface area contributed by atoms with Crippen LogP contribution >= 0.6 is 0 Å². The Balaban J connectivity index is 2.20. The summed E-state index contributed by atoms with van der Waals surface area (Å²) in [5.41, 5.74) is 1.48. The molecular formula is C13H10N2O6S. The average Bonchev–Trinajstić information content (AvgIpc) is 2.82. The van der Waals surface area contributed by atoms with E-state index in [1.165, 1.54) is 31.5 Å². The van der Waals surface area contributed by atoms with Crippen LogP contribution in [-0.2, 0) is 15.1 Å². The highest BCUT2D eigenvalue weighted by Gasteiger charge is 2.13. The van der Waals surface area contributed by atoms with E-state index in [2.05, 4.69) is 18.9 Å². The predicted molar refractivity (Wildman–Crippen MR) is 77.1 cm³/mol. The van der Waals surface area contributed by atoms with Crippen molar-refractivity contribution in [3.63, 3.8) is 0 Å². The van der Waals surface area contributed by atoms with Gasteiger partial charge in [0, 0.05) is 16.3 Å². The molecule has 22 heavy (non-hydrogen) atoms. The first kappa shape index (κ1) is 14.3. The molecule has 0 aliphatic heterocycles. The van der Waals surface area contributed by atoms with E-state index in [0.717, 1.165) is 0 Å². The second-order valence-corrected chi connectivity index (χ2v) is 5.47. The standard InChI is InChI=1S/C13H10N2O6S/c1-20-13(16)11-5-9-8-4-7(21-22(17,18)19)2-3-10(8)15-12(9)6-14-11/h2-6,15H,1H3,(H,17,18,19). The zero-order valence-electron chi connectivity index (χ0n) is 11.2. The Bertz CT molecular complexity index is 992. The number of hydrogen-bond donors (Lipinski definition) is 2. The minimum absolute atomic E-state index is 0.0488. The van der Waals surface area contributed by atoms with Gasteiger partial charge in [-0.3, -0.25) is 4.55 Å². The summed E-state index contributed by atoms with van der Waals surface area (Å²) in [5, 5.41) is 1.26. The highest BCUT2D eigenvalue weighted by molar-refractivity contribution is 7.81. The Labute approximate surface area is 124 Å². The molecule has 0 atom stereocenters. The summed E-state index contributed by atoms with van der Waals surface area (Å²) in [4.78, 5) is 18.6. The maximum atomic E-state index is 11.5. The molecule has 9 heteroatoms. The van der Waals surface area contributed by atoms with Gasteiger partial charge in [0.25, 0.3) is 0 Å². The van der Waals surface area contributed by atoms with Crippen molar-refractivity contribution in [1.82, 2.24) is 9.97 Å². The highest BCUT2D eigenvalue weighted by atomic mass is 32.3. The topological polar surface area (TPSA) is 119 Å². The smallest absolute Gasteiger partial charge is 0.446 e. The highest BCUT2D eigenvalue weighted by Crippen LogP contribution is 2.29. The van der Waals surface area contributed by atoms with Crippen LogP contribution in [0.25, 0.3) is 21.8 Å². The van der Waals surface area contributed by atoms with Gasteiger partial charge in [-0.1, -0.05) is 0 Å². The number of carbonyl (C=O) groups is 1. The number of rotatable bonds is 3. The van der Waals surface area contributed by atoms with Crippen LogP contribution in [0.3, 0.4) is 0 Å². The molecule has 3 aromatic rings. The number of nitrogens with zero attached hydrogens (tertiary/aromatic N) is 1. The third-order valence-corrected chi connectivity index (χ3v) is 3.45. The predicted octanol–water partition coefficient (Wildman–Crippen LogP) is 1.68. The van der Waals surface area contributed by atoms with Crippen LogP contribution in [0.15, 0.2) is 30.5 Å². The number of fused-ring (bicyclic) bond motifs is 3. The van der Waals surface area contributed by atoms with E-state index in [-0.39, 0.29) is 11.4 Å². The van der Waals surface area contributed by atoms with Gasteiger partial charge in [0.1, 0.15) is 11.4 Å². The van der Waals surface area contributed by atoms with Crippen molar-refractivity contribution in [1.29, 1.82) is 0 Å². The van der Waals surface area contributed by atoms with Gasteiger partial charge in [-0.05, 0) is 24.3 Å². The Morgan fingerprint density at radius 2 is 1.95 bits per heavy atom. The number of aromatic nitrogens is 2. The van der Waals surface area contributed by atoms with Crippen molar-refractivity contribution in [2.75, 3.05) is 7.11 Å². The summed E-state index contributed by atoms with van der Waals surface area (Å²) in [6.07, 6.45) is 1.48. The quantitative estimate of drug-likeness (QED) is 0.556. The molecular weight excluding hydrogens is 312 g/mol. The van der Waals surface area contributed by atoms with Gasteiger partial charge < -0.3 is 13.9 Å². The minimum atomic E-state index is -4.60. The largest absolute Gasteiger partial charge is 0.464 e. The zero-order valence-corrected chi connectivity index (χ0v) is 12.0. The number of hydrogen-bond acceptors (Lipinski definition) is 6. The molecule has 3 rings (SSSR count). The lowest BCUT2D eigenvalue weighted by Crippen LogP contribution is -2.06. The van der Waals surface area contributed by atoms with Crippen LogP contribution in [0.4, 0.5) is 0 Å². The van der Waals surface area contributed by atoms with E-state index < -0.39 is 16.4 Å². The molecule has 0 fully saturated rings. The molecule has 1 aromatic carbocycles. The zero-order chi connectivity index (χ0) is 15.9. The third kappa shape index (κ3) is 2.59. The molecule has 0 aliphatic rings. The number of aromatic amines is 1. The average molecular weight is 322 g/mol. The summed E-state index contributed by atoms with van der Waals surface area (Å²) >= 11 is 0. The van der Waals surface area contributed by atoms with E-state index in [4.69, 9.17) is 4.55 Å². The van der Waals surface area contributed by atoms with Crippen molar-refractivity contribution in [2.45, 2.75) is 0 Å². The van der Waals surface area contributed by atoms with Crippen molar-refractivity contribution in [3.8, 4) is 5.75 Å². The lowest BCUT2D eigenvalue weighted by atomic mass is 10.1. The van der Waals surface area contributed by atoms with Crippen molar-refractivity contribution < 1.29 is 26.7 Å². The number of pyridine rings is 1. The monoisotopic (exact) mass is 322 g/mol. The Kier molecular flexibility index (Phi) is 3.23. The van der Waals surface area contributed by atoms with Crippen molar-refractivity contribution >= 4 is 38.2 Å². The van der Waals surface area contributed by atoms with Gasteiger partial charge in [0.2, 0.25) is 0 Å². The number of nitrogens with one attached hydrogen (secondary N) is 1. The SMILES string of the molecule is COC(=O)c1cc2c(cn1)[nH]c1ccc(OS(=O)(=O)O)cc12. The van der Waals surface area contributed by atoms with Crippen LogP contribution in [0.5, 0.6) is 5.75 Å². The number of benzene rings is 1. The minimum Gasteiger partial charge on any atom is -0.464 e. The summed E-state index contributed by atoms with van der Waals surface area (Å²) in [5.74, 6) is -0.631. The molecule has 0 unspecified atom stereocenters. The molecule has 0 saturated carbocycles. The van der Waals surface area contributed by atoms with Crippen LogP contribution in [-0.4, -0.2) is 36.0 Å². The third-order valence-electron chi connectivity index (χ3n) is 3.05. The second kappa shape index (κ2) is 4.97. The Morgan fingerprint density at radius 3 is 2.64 bits per heavy atom. The van der Waals surface area contributed by atoms with E-state index in [1.54, 1.807) is 6.07 Å². The van der Waals surface area contributed by atoms with Gasteiger partial charge in [0.05, 0.1) is 18.8 Å². The normalized spacial score (nSPS) is 11.7. The van der Waals surface area contributed by atoms with E-state index in [0.29, 0.717) is 21.8 Å². The van der Waals surface area contributed by atoms with E-state index in [9.17, 15) is 13.2 Å². The number of H-pyrrole nitrogens is 1. The van der Waals surface area contributed by atoms with Crippen LogP contribution in [0, 0.1) is 0 Å². The summed E-state index contributed by atoms with van der Waals surface area (Å²) in [6.45, 7) is 0. The molecule has 0 bridgehead atoms. The first-order valence-electron chi connectivity index (χ1n) is 6.04. The molecule has 114 valence electrons. The fourth-order valence-corrected chi connectivity index (χ4v) is 2.51. The number of ether oxygens (including phenoxy) is 1.